The van der Waals surface area contributed by atoms with Gasteiger partial charge < -0.3 is 29.4 Å². The molecule has 238 valence electrons. The van der Waals surface area contributed by atoms with Crippen molar-refractivity contribution in [3.05, 3.63) is 47.5 Å². The molecular weight excluding hydrogens is 546 g/mol. The third-order valence-electron chi connectivity index (χ3n) is 6.72. The lowest BCUT2D eigenvalue weighted by molar-refractivity contribution is -0.137. The molecule has 0 saturated heterocycles. The molecular formula is C35H51NO7. The van der Waals surface area contributed by atoms with E-state index in [-0.39, 0.29) is 18.9 Å². The van der Waals surface area contributed by atoms with E-state index < -0.39 is 5.97 Å². The molecule has 2 rings (SSSR count). The second kappa shape index (κ2) is 21.1. The number of hydrogen-bond donors (Lipinski definition) is 2. The van der Waals surface area contributed by atoms with E-state index in [1.54, 1.807) is 25.1 Å². The van der Waals surface area contributed by atoms with Gasteiger partial charge in [0.05, 0.1) is 32.1 Å². The van der Waals surface area contributed by atoms with Crippen LogP contribution in [0.25, 0.3) is 6.08 Å². The molecule has 0 bridgehead atoms. The minimum absolute atomic E-state index is 0.0214. The second-order valence-electron chi connectivity index (χ2n) is 10.6. The molecule has 8 nitrogen and oxygen atoms in total. The summed E-state index contributed by atoms with van der Waals surface area (Å²) in [5.74, 6) is 1.21. The number of anilines is 1. The molecule has 0 heterocycles. The van der Waals surface area contributed by atoms with Crippen LogP contribution in [0.15, 0.2) is 42.0 Å². The van der Waals surface area contributed by atoms with Crippen molar-refractivity contribution in [1.29, 1.82) is 0 Å². The number of para-hydroxylation sites is 2. The number of unbranched alkanes of at least 4 members (excludes halogenated alkanes) is 6. The molecule has 2 N–H and O–H groups in total. The number of carboxylic acid groups (broad SMARTS) is 1. The highest BCUT2D eigenvalue weighted by Gasteiger charge is 2.17. The highest BCUT2D eigenvalue weighted by Crippen LogP contribution is 2.40. The minimum Gasteiger partial charge on any atom is -0.491 e. The van der Waals surface area contributed by atoms with E-state index in [4.69, 9.17) is 24.1 Å². The first-order valence-corrected chi connectivity index (χ1v) is 15.9. The van der Waals surface area contributed by atoms with Crippen molar-refractivity contribution < 1.29 is 33.6 Å². The SMILES string of the molecule is CCCCCOc1cc(/C=C(\C)C(=O)Nc2ccccc2OCCCC(=O)O)cc(OCCCCC)c1OCCCCC. The monoisotopic (exact) mass is 597 g/mol. The molecule has 0 fully saturated rings. The smallest absolute Gasteiger partial charge is 0.303 e. The zero-order valence-corrected chi connectivity index (χ0v) is 26.5. The zero-order valence-electron chi connectivity index (χ0n) is 26.5. The summed E-state index contributed by atoms with van der Waals surface area (Å²) in [4.78, 5) is 24.0. The second-order valence-corrected chi connectivity index (χ2v) is 10.6. The fourth-order valence-electron chi connectivity index (χ4n) is 4.27. The molecule has 0 aliphatic heterocycles. The van der Waals surface area contributed by atoms with Gasteiger partial charge in [-0.3, -0.25) is 9.59 Å². The van der Waals surface area contributed by atoms with Crippen LogP contribution in [0, 0.1) is 0 Å². The van der Waals surface area contributed by atoms with Crippen molar-refractivity contribution in [3.63, 3.8) is 0 Å². The van der Waals surface area contributed by atoms with Crippen LogP contribution in [0.3, 0.4) is 0 Å². The highest BCUT2D eigenvalue weighted by atomic mass is 16.5. The molecule has 8 heteroatoms. The summed E-state index contributed by atoms with van der Waals surface area (Å²) < 4.78 is 24.4. The Balaban J connectivity index is 2.30. The van der Waals surface area contributed by atoms with Crippen LogP contribution in [0.5, 0.6) is 23.0 Å². The normalized spacial score (nSPS) is 11.2. The molecule has 0 radical (unpaired) electrons. The average Bonchev–Trinajstić information content (AvgIpc) is 2.99. The Morgan fingerprint density at radius 2 is 1.23 bits per heavy atom. The summed E-state index contributed by atoms with van der Waals surface area (Å²) in [5, 5.41) is 11.8. The Labute approximate surface area is 257 Å². The van der Waals surface area contributed by atoms with Crippen LogP contribution >= 0.6 is 0 Å². The quantitative estimate of drug-likeness (QED) is 0.0975. The van der Waals surface area contributed by atoms with E-state index in [0.29, 0.717) is 60.5 Å². The molecule has 0 atom stereocenters. The number of benzene rings is 2. The summed E-state index contributed by atoms with van der Waals surface area (Å²) in [5.41, 5.74) is 1.79. The van der Waals surface area contributed by atoms with E-state index in [1.165, 1.54) is 0 Å². The van der Waals surface area contributed by atoms with Crippen molar-refractivity contribution in [2.45, 2.75) is 98.3 Å². The third kappa shape index (κ3) is 13.9. The Bertz CT molecular complexity index is 1110. The number of hydrogen-bond acceptors (Lipinski definition) is 6. The van der Waals surface area contributed by atoms with E-state index in [0.717, 1.165) is 63.4 Å². The van der Waals surface area contributed by atoms with E-state index in [1.807, 2.05) is 24.3 Å². The van der Waals surface area contributed by atoms with Crippen LogP contribution in [0.2, 0.25) is 0 Å². The molecule has 2 aromatic carbocycles. The predicted octanol–water partition coefficient (Wildman–Crippen LogP) is 8.68. The Hall–Kier alpha value is -3.68. The van der Waals surface area contributed by atoms with E-state index in [9.17, 15) is 9.59 Å². The van der Waals surface area contributed by atoms with Gasteiger partial charge in [0.15, 0.2) is 11.5 Å². The van der Waals surface area contributed by atoms with Gasteiger partial charge in [0.1, 0.15) is 5.75 Å². The largest absolute Gasteiger partial charge is 0.491 e. The van der Waals surface area contributed by atoms with Crippen LogP contribution in [-0.2, 0) is 9.59 Å². The summed E-state index contributed by atoms with van der Waals surface area (Å²) in [6.07, 6.45) is 11.6. The Morgan fingerprint density at radius 3 is 1.79 bits per heavy atom. The molecule has 2 aromatic rings. The number of carbonyl (C=O) groups is 2. The molecule has 0 aromatic heterocycles. The lowest BCUT2D eigenvalue weighted by Gasteiger charge is -2.18. The highest BCUT2D eigenvalue weighted by molar-refractivity contribution is 6.07. The lowest BCUT2D eigenvalue weighted by Crippen LogP contribution is -2.14. The van der Waals surface area contributed by atoms with E-state index in [2.05, 4.69) is 26.1 Å². The molecule has 0 spiro atoms. The number of ether oxygens (including phenoxy) is 4. The number of nitrogens with one attached hydrogen (secondary N) is 1. The van der Waals surface area contributed by atoms with Gasteiger partial charge in [0, 0.05) is 12.0 Å². The van der Waals surface area contributed by atoms with Crippen LogP contribution < -0.4 is 24.3 Å². The molecule has 0 saturated carbocycles. The first-order chi connectivity index (χ1) is 20.9. The number of rotatable bonds is 23. The molecule has 0 unspecified atom stereocenters. The fourth-order valence-corrected chi connectivity index (χ4v) is 4.27. The zero-order chi connectivity index (χ0) is 31.3. The third-order valence-corrected chi connectivity index (χ3v) is 6.72. The van der Waals surface area contributed by atoms with Crippen molar-refractivity contribution in [1.82, 2.24) is 0 Å². The van der Waals surface area contributed by atoms with Crippen LogP contribution in [-0.4, -0.2) is 43.4 Å². The number of carbonyl (C=O) groups excluding carboxylic acids is 1. The summed E-state index contributed by atoms with van der Waals surface area (Å²) in [6.45, 7) is 10.2. The van der Waals surface area contributed by atoms with Crippen LogP contribution in [0.4, 0.5) is 5.69 Å². The Kier molecular flexibility index (Phi) is 17.4. The minimum atomic E-state index is -0.869. The van der Waals surface area contributed by atoms with Crippen molar-refractivity contribution in [3.8, 4) is 23.0 Å². The number of amides is 1. The maximum atomic E-state index is 13.2. The van der Waals surface area contributed by atoms with Crippen molar-refractivity contribution in [2.75, 3.05) is 31.7 Å². The fraction of sp³-hybridized carbons (Fsp3) is 0.543. The van der Waals surface area contributed by atoms with Gasteiger partial charge in [-0.25, -0.2) is 0 Å². The molecule has 0 aliphatic rings. The maximum absolute atomic E-state index is 13.2. The topological polar surface area (TPSA) is 103 Å². The first kappa shape index (κ1) is 35.5. The van der Waals surface area contributed by atoms with Crippen molar-refractivity contribution in [2.24, 2.45) is 0 Å². The van der Waals surface area contributed by atoms with Gasteiger partial charge in [0.25, 0.3) is 5.91 Å². The summed E-state index contributed by atoms with van der Waals surface area (Å²) >= 11 is 0. The number of aliphatic carboxylic acids is 1. The van der Waals surface area contributed by atoms with Gasteiger partial charge in [-0.15, -0.1) is 0 Å². The van der Waals surface area contributed by atoms with Gasteiger partial charge in [-0.2, -0.15) is 0 Å². The Morgan fingerprint density at radius 1 is 0.721 bits per heavy atom. The van der Waals surface area contributed by atoms with E-state index >= 15 is 0 Å². The number of carboxylic acids is 1. The van der Waals surface area contributed by atoms with Gasteiger partial charge in [-0.1, -0.05) is 71.4 Å². The maximum Gasteiger partial charge on any atom is 0.303 e. The van der Waals surface area contributed by atoms with Crippen molar-refractivity contribution >= 4 is 23.6 Å². The first-order valence-electron chi connectivity index (χ1n) is 15.9. The van der Waals surface area contributed by atoms with Gasteiger partial charge in [0.2, 0.25) is 5.75 Å². The van der Waals surface area contributed by atoms with Gasteiger partial charge in [-0.05, 0) is 68.5 Å². The average molecular weight is 598 g/mol. The summed E-state index contributed by atoms with van der Waals surface area (Å²) in [6, 6.07) is 10.9. The van der Waals surface area contributed by atoms with Crippen LogP contribution in [0.1, 0.15) is 104 Å². The van der Waals surface area contributed by atoms with Gasteiger partial charge >= 0.3 is 5.97 Å². The lowest BCUT2D eigenvalue weighted by atomic mass is 10.1. The summed E-state index contributed by atoms with van der Waals surface area (Å²) in [7, 11) is 0. The standard InChI is InChI=1S/C35H51NO7/c1-5-8-13-20-41-31-25-28(26-32(42-21-14-9-6-2)34(31)43-22-15-10-7-3)24-27(4)35(39)36-29-17-11-12-18-30(29)40-23-16-19-33(37)38/h11-12,17-18,24-26H,5-10,13-16,19-23H2,1-4H3,(H,36,39)(H,37,38)/b27-24+. The molecule has 1 amide bonds. The predicted molar refractivity (Wildman–Crippen MR) is 173 cm³/mol. The molecule has 0 aliphatic carbocycles. The molecule has 43 heavy (non-hydrogen) atoms.